The SMILES string of the molecule is C/N=C(\N=C(/C)C(C)(C)C)c1ccc(OC/C(=C/F)CN)cc1. The first-order chi connectivity index (χ1) is 10.8. The van der Waals surface area contributed by atoms with Crippen LogP contribution in [0.25, 0.3) is 0 Å². The van der Waals surface area contributed by atoms with E-state index in [4.69, 9.17) is 10.5 Å². The van der Waals surface area contributed by atoms with Crippen LogP contribution in [0.5, 0.6) is 5.75 Å². The molecule has 2 N–H and O–H groups in total. The Morgan fingerprint density at radius 3 is 2.30 bits per heavy atom. The predicted molar refractivity (Wildman–Crippen MR) is 95.2 cm³/mol. The van der Waals surface area contributed by atoms with Gasteiger partial charge in [0.1, 0.15) is 12.4 Å². The van der Waals surface area contributed by atoms with E-state index in [0.717, 1.165) is 11.3 Å². The van der Waals surface area contributed by atoms with Crippen molar-refractivity contribution < 1.29 is 9.13 Å². The van der Waals surface area contributed by atoms with Gasteiger partial charge in [0, 0.05) is 35.9 Å². The summed E-state index contributed by atoms with van der Waals surface area (Å²) >= 11 is 0. The first kappa shape index (κ1) is 19.0. The van der Waals surface area contributed by atoms with Crippen molar-refractivity contribution in [1.82, 2.24) is 0 Å². The van der Waals surface area contributed by atoms with Crippen LogP contribution in [0.4, 0.5) is 4.39 Å². The van der Waals surface area contributed by atoms with Gasteiger partial charge in [-0.25, -0.2) is 9.38 Å². The van der Waals surface area contributed by atoms with Crippen LogP contribution in [0.2, 0.25) is 0 Å². The third kappa shape index (κ3) is 5.94. The van der Waals surface area contributed by atoms with E-state index in [9.17, 15) is 4.39 Å². The lowest BCUT2D eigenvalue weighted by Crippen LogP contribution is -2.18. The second-order valence-corrected chi connectivity index (χ2v) is 6.28. The standard InChI is InChI=1S/C18H26FN3O/c1-13(18(2,3)4)22-17(21-5)15-6-8-16(9-7-15)23-12-14(10-19)11-20/h6-10H,11-12,20H2,1-5H3/b14-10+,21-17-,22-13+. The van der Waals surface area contributed by atoms with Gasteiger partial charge in [-0.1, -0.05) is 20.8 Å². The van der Waals surface area contributed by atoms with Crippen molar-refractivity contribution in [3.63, 3.8) is 0 Å². The summed E-state index contributed by atoms with van der Waals surface area (Å²) in [4.78, 5) is 8.87. The molecular weight excluding hydrogens is 293 g/mol. The van der Waals surface area contributed by atoms with E-state index in [2.05, 4.69) is 30.8 Å². The number of ether oxygens (including phenoxy) is 1. The normalized spacial score (nSPS) is 14.1. The molecule has 0 amide bonds. The van der Waals surface area contributed by atoms with Gasteiger partial charge in [-0.3, -0.25) is 4.99 Å². The lowest BCUT2D eigenvalue weighted by Gasteiger charge is -2.18. The molecule has 0 bridgehead atoms. The highest BCUT2D eigenvalue weighted by Gasteiger charge is 2.15. The summed E-state index contributed by atoms with van der Waals surface area (Å²) < 4.78 is 17.9. The van der Waals surface area contributed by atoms with Crippen LogP contribution in [0.1, 0.15) is 33.3 Å². The summed E-state index contributed by atoms with van der Waals surface area (Å²) in [5.74, 6) is 1.32. The number of hydrogen-bond donors (Lipinski definition) is 1. The van der Waals surface area contributed by atoms with E-state index in [1.165, 1.54) is 0 Å². The lowest BCUT2D eigenvalue weighted by atomic mass is 9.91. The van der Waals surface area contributed by atoms with E-state index in [0.29, 0.717) is 23.5 Å². The third-order valence-electron chi connectivity index (χ3n) is 3.52. The van der Waals surface area contributed by atoms with E-state index < -0.39 is 0 Å². The number of nitrogens with two attached hydrogens (primary N) is 1. The molecule has 0 radical (unpaired) electrons. The molecule has 0 aromatic heterocycles. The fraction of sp³-hybridized carbons (Fsp3) is 0.444. The minimum atomic E-state index is -0.00365. The Hall–Kier alpha value is -2.01. The highest BCUT2D eigenvalue weighted by atomic mass is 19.1. The Bertz CT molecular complexity index is 596. The minimum absolute atomic E-state index is 0.00365. The highest BCUT2D eigenvalue weighted by molar-refractivity contribution is 6.07. The molecule has 0 saturated carbocycles. The number of amidine groups is 1. The van der Waals surface area contributed by atoms with Crippen molar-refractivity contribution >= 4 is 11.5 Å². The molecule has 5 heteroatoms. The Labute approximate surface area is 138 Å². The van der Waals surface area contributed by atoms with Gasteiger partial charge in [0.15, 0.2) is 5.84 Å². The Balaban J connectivity index is 2.86. The molecule has 0 heterocycles. The van der Waals surface area contributed by atoms with Crippen molar-refractivity contribution in [2.45, 2.75) is 27.7 Å². The van der Waals surface area contributed by atoms with Gasteiger partial charge >= 0.3 is 0 Å². The van der Waals surface area contributed by atoms with Crippen LogP contribution in [-0.4, -0.2) is 31.7 Å². The second kappa shape index (κ2) is 8.58. The summed E-state index contributed by atoms with van der Waals surface area (Å²) in [5.41, 5.74) is 7.72. The van der Waals surface area contributed by atoms with E-state index in [-0.39, 0.29) is 18.6 Å². The van der Waals surface area contributed by atoms with Crippen LogP contribution in [0.3, 0.4) is 0 Å². The van der Waals surface area contributed by atoms with Crippen LogP contribution in [0, 0.1) is 5.41 Å². The van der Waals surface area contributed by atoms with Crippen molar-refractivity contribution in [2.75, 3.05) is 20.2 Å². The summed E-state index contributed by atoms with van der Waals surface area (Å²) in [5, 5.41) is 0. The maximum Gasteiger partial charge on any atom is 0.154 e. The molecule has 0 spiro atoms. The van der Waals surface area contributed by atoms with Crippen molar-refractivity contribution in [2.24, 2.45) is 21.1 Å². The van der Waals surface area contributed by atoms with Gasteiger partial charge in [-0.2, -0.15) is 0 Å². The van der Waals surface area contributed by atoms with E-state index in [1.807, 2.05) is 31.2 Å². The first-order valence-corrected chi connectivity index (χ1v) is 7.55. The Morgan fingerprint density at radius 1 is 1.26 bits per heavy atom. The first-order valence-electron chi connectivity index (χ1n) is 7.55. The van der Waals surface area contributed by atoms with Crippen molar-refractivity contribution in [1.29, 1.82) is 0 Å². The van der Waals surface area contributed by atoms with E-state index >= 15 is 0 Å². The number of nitrogens with zero attached hydrogens (tertiary/aromatic N) is 2. The molecule has 0 fully saturated rings. The Morgan fingerprint density at radius 2 is 1.87 bits per heavy atom. The zero-order valence-corrected chi connectivity index (χ0v) is 14.6. The average Bonchev–Trinajstić information content (AvgIpc) is 2.53. The fourth-order valence-electron chi connectivity index (χ4n) is 1.58. The van der Waals surface area contributed by atoms with Crippen LogP contribution in [0.15, 0.2) is 46.2 Å². The molecule has 0 atom stereocenters. The summed E-state index contributed by atoms with van der Waals surface area (Å²) in [7, 11) is 1.72. The summed E-state index contributed by atoms with van der Waals surface area (Å²) in [6.45, 7) is 8.63. The van der Waals surface area contributed by atoms with Gasteiger partial charge < -0.3 is 10.5 Å². The second-order valence-electron chi connectivity index (χ2n) is 6.28. The van der Waals surface area contributed by atoms with Crippen LogP contribution in [-0.2, 0) is 0 Å². The summed E-state index contributed by atoms with van der Waals surface area (Å²) in [6.07, 6.45) is 0.486. The number of halogens is 1. The zero-order valence-electron chi connectivity index (χ0n) is 14.6. The molecule has 0 unspecified atom stereocenters. The van der Waals surface area contributed by atoms with Crippen LogP contribution < -0.4 is 10.5 Å². The third-order valence-corrected chi connectivity index (χ3v) is 3.52. The lowest BCUT2D eigenvalue weighted by molar-refractivity contribution is 0.347. The van der Waals surface area contributed by atoms with E-state index in [1.54, 1.807) is 7.05 Å². The largest absolute Gasteiger partial charge is 0.489 e. The predicted octanol–water partition coefficient (Wildman–Crippen LogP) is 3.76. The maximum atomic E-state index is 12.4. The van der Waals surface area contributed by atoms with Crippen LogP contribution >= 0.6 is 0 Å². The number of rotatable bonds is 5. The van der Waals surface area contributed by atoms with Gasteiger partial charge in [-0.15, -0.1) is 0 Å². The van der Waals surface area contributed by atoms with Gasteiger partial charge in [-0.05, 0) is 31.2 Å². The fourth-order valence-corrected chi connectivity index (χ4v) is 1.58. The van der Waals surface area contributed by atoms with Crippen molar-refractivity contribution in [3.8, 4) is 5.75 Å². The average molecular weight is 319 g/mol. The number of benzene rings is 1. The molecular formula is C18H26FN3O. The molecule has 0 aliphatic carbocycles. The number of aliphatic imine (C=N–C) groups is 2. The number of hydrogen-bond acceptors (Lipinski definition) is 3. The topological polar surface area (TPSA) is 60.0 Å². The molecule has 1 aromatic carbocycles. The van der Waals surface area contributed by atoms with Gasteiger partial charge in [0.05, 0.1) is 6.33 Å². The van der Waals surface area contributed by atoms with Gasteiger partial charge in [0.25, 0.3) is 0 Å². The highest BCUT2D eigenvalue weighted by Crippen LogP contribution is 2.18. The Kier molecular flexibility index (Phi) is 7.10. The monoisotopic (exact) mass is 319 g/mol. The smallest absolute Gasteiger partial charge is 0.154 e. The molecule has 4 nitrogen and oxygen atoms in total. The molecule has 0 aliphatic rings. The zero-order chi connectivity index (χ0) is 17.5. The quantitative estimate of drug-likeness (QED) is 0.663. The van der Waals surface area contributed by atoms with Crippen molar-refractivity contribution in [3.05, 3.63) is 41.7 Å². The molecule has 0 saturated heterocycles. The molecule has 0 aliphatic heterocycles. The molecule has 1 rings (SSSR count). The molecule has 126 valence electrons. The molecule has 23 heavy (non-hydrogen) atoms. The summed E-state index contributed by atoms with van der Waals surface area (Å²) in [6, 6.07) is 7.40. The van der Waals surface area contributed by atoms with Gasteiger partial charge in [0.2, 0.25) is 0 Å². The maximum absolute atomic E-state index is 12.4. The molecule has 1 aromatic rings. The minimum Gasteiger partial charge on any atom is -0.489 e.